The van der Waals surface area contributed by atoms with Crippen molar-refractivity contribution >= 4 is 30.3 Å². The van der Waals surface area contributed by atoms with Crippen molar-refractivity contribution in [3.63, 3.8) is 0 Å². The van der Waals surface area contributed by atoms with E-state index in [0.29, 0.717) is 18.7 Å². The predicted molar refractivity (Wildman–Crippen MR) is 158 cm³/mol. The topological polar surface area (TPSA) is 125 Å². The van der Waals surface area contributed by atoms with Crippen LogP contribution >= 0.6 is 0 Å². The van der Waals surface area contributed by atoms with Crippen LogP contribution in [0.4, 0.5) is 0 Å². The lowest BCUT2D eigenvalue weighted by molar-refractivity contribution is -0.140. The van der Waals surface area contributed by atoms with Gasteiger partial charge in [-0.3, -0.25) is 24.1 Å². The summed E-state index contributed by atoms with van der Waals surface area (Å²) in [5.41, 5.74) is 0. The molecule has 3 N–H and O–H groups in total. The Balaban J connectivity index is 0. The van der Waals surface area contributed by atoms with Crippen molar-refractivity contribution in [1.82, 2.24) is 20.9 Å². The van der Waals surface area contributed by atoms with Crippen molar-refractivity contribution in [3.05, 3.63) is 12.7 Å². The molecule has 0 bridgehead atoms. The number of hydrogen-bond acceptors (Lipinski definition) is 6. The van der Waals surface area contributed by atoms with E-state index in [1.807, 2.05) is 32.7 Å². The number of nitrogens with one attached hydrogen (secondary N) is 3. The molecule has 39 heavy (non-hydrogen) atoms. The first-order chi connectivity index (χ1) is 18.8. The predicted octanol–water partition coefficient (Wildman–Crippen LogP) is 3.95. The van der Waals surface area contributed by atoms with Gasteiger partial charge in [-0.15, -0.1) is 6.58 Å². The van der Waals surface area contributed by atoms with Crippen LogP contribution in [0.15, 0.2) is 12.7 Å². The number of unbranched alkanes of at least 4 members (excludes halogenated alkanes) is 1. The summed E-state index contributed by atoms with van der Waals surface area (Å²) < 4.78 is 0. The fraction of sp³-hybridized carbons (Fsp3) is 0.767. The Bertz CT molecular complexity index is 695. The van der Waals surface area contributed by atoms with E-state index in [9.17, 15) is 24.0 Å². The smallest absolute Gasteiger partial charge is 0.289 e. The number of rotatable bonds is 13. The van der Waals surface area contributed by atoms with Crippen molar-refractivity contribution in [3.8, 4) is 0 Å². The summed E-state index contributed by atoms with van der Waals surface area (Å²) in [6.45, 7) is 14.9. The lowest BCUT2D eigenvalue weighted by Crippen LogP contribution is -2.51. The number of carbonyl (C=O) groups excluding carboxylic acids is 5. The summed E-state index contributed by atoms with van der Waals surface area (Å²) in [5.74, 6) is -1.03. The summed E-state index contributed by atoms with van der Waals surface area (Å²) in [6, 6.07) is -1.19. The average molecular weight is 553 g/mol. The minimum absolute atomic E-state index is 0.161. The van der Waals surface area contributed by atoms with Gasteiger partial charge in [-0.05, 0) is 51.6 Å². The van der Waals surface area contributed by atoms with E-state index >= 15 is 0 Å². The second kappa shape index (κ2) is 25.7. The van der Waals surface area contributed by atoms with Gasteiger partial charge in [0.05, 0.1) is 18.1 Å². The number of aldehydes is 1. The molecule has 1 heterocycles. The van der Waals surface area contributed by atoms with E-state index in [-0.39, 0.29) is 24.5 Å². The first-order valence-corrected chi connectivity index (χ1v) is 14.9. The van der Waals surface area contributed by atoms with Gasteiger partial charge in [0.15, 0.2) is 0 Å². The lowest BCUT2D eigenvalue weighted by atomic mass is 9.84. The molecule has 0 spiro atoms. The minimum atomic E-state index is -0.744. The molecule has 2 rings (SSSR count). The molecular weight excluding hydrogens is 496 g/mol. The van der Waals surface area contributed by atoms with Crippen LogP contribution < -0.4 is 16.0 Å². The summed E-state index contributed by atoms with van der Waals surface area (Å²) in [4.78, 5) is 59.0. The molecule has 0 aromatic carbocycles. The maximum absolute atomic E-state index is 12.3. The van der Waals surface area contributed by atoms with Gasteiger partial charge in [0.25, 0.3) is 5.91 Å². The molecule has 3 unspecified atom stereocenters. The molecule has 226 valence electrons. The maximum Gasteiger partial charge on any atom is 0.289 e. The molecule has 1 aliphatic heterocycles. The second-order valence-electron chi connectivity index (χ2n) is 9.76. The molecule has 3 atom stereocenters. The highest BCUT2D eigenvalue weighted by Crippen LogP contribution is 2.25. The summed E-state index contributed by atoms with van der Waals surface area (Å²) in [6.07, 6.45) is 14.0. The molecular formula is C30H56N4O5. The van der Waals surface area contributed by atoms with Crippen LogP contribution in [-0.2, 0) is 24.0 Å². The van der Waals surface area contributed by atoms with Crippen LogP contribution in [0, 0.1) is 5.92 Å². The quantitative estimate of drug-likeness (QED) is 0.181. The summed E-state index contributed by atoms with van der Waals surface area (Å²) in [7, 11) is 1.90. The van der Waals surface area contributed by atoms with Crippen LogP contribution in [0.2, 0.25) is 0 Å². The number of ketones is 1. The van der Waals surface area contributed by atoms with Crippen molar-refractivity contribution in [2.75, 3.05) is 20.1 Å². The third kappa shape index (κ3) is 16.9. The number of Topliss-reactive ketones (excluding diaryl/α,β-unsaturated/α-hetero) is 1. The Kier molecular flexibility index (Phi) is 25.4. The first-order valence-electron chi connectivity index (χ1n) is 14.9. The number of nitrogens with zero attached hydrogens (tertiary/aromatic N) is 1. The third-order valence-corrected chi connectivity index (χ3v) is 6.50. The second-order valence-corrected chi connectivity index (χ2v) is 9.76. The molecule has 2 fully saturated rings. The molecule has 1 aliphatic carbocycles. The number of likely N-dealkylation sites (tertiary alicyclic amines) is 1. The zero-order valence-electron chi connectivity index (χ0n) is 25.4. The normalized spacial score (nSPS) is 18.2. The average Bonchev–Trinajstić information content (AvgIpc) is 3.40. The SMILES string of the molecule is C=CCNC(=O)C(=O)C(CCCC)NC(=O)C1CCCN1C.CC.CCC.O=CNC(C=O)C1CCCCC1. The minimum Gasteiger partial charge on any atom is -0.349 e. The molecule has 3 amide bonds. The Morgan fingerprint density at radius 2 is 1.62 bits per heavy atom. The van der Waals surface area contributed by atoms with Gasteiger partial charge in [0.2, 0.25) is 18.1 Å². The molecule has 0 aromatic rings. The van der Waals surface area contributed by atoms with E-state index in [1.54, 1.807) is 0 Å². The molecule has 9 heteroatoms. The van der Waals surface area contributed by atoms with E-state index in [2.05, 4.69) is 36.4 Å². The molecule has 1 saturated carbocycles. The van der Waals surface area contributed by atoms with Crippen LogP contribution in [0.3, 0.4) is 0 Å². The van der Waals surface area contributed by atoms with E-state index in [0.717, 1.165) is 51.4 Å². The van der Waals surface area contributed by atoms with Crippen LogP contribution in [-0.4, -0.2) is 73.5 Å². The fourth-order valence-corrected chi connectivity index (χ4v) is 4.46. The van der Waals surface area contributed by atoms with Gasteiger partial charge in [-0.1, -0.05) is 79.2 Å². The highest BCUT2D eigenvalue weighted by atomic mass is 16.2. The molecule has 0 aromatic heterocycles. The lowest BCUT2D eigenvalue weighted by Gasteiger charge is -2.25. The Morgan fingerprint density at radius 1 is 1.00 bits per heavy atom. The number of hydrogen-bond donors (Lipinski definition) is 3. The van der Waals surface area contributed by atoms with Gasteiger partial charge < -0.3 is 20.7 Å². The Hall–Kier alpha value is -2.55. The Labute approximate surface area is 237 Å². The number of amides is 3. The summed E-state index contributed by atoms with van der Waals surface area (Å²) in [5, 5.41) is 7.79. The van der Waals surface area contributed by atoms with Crippen molar-refractivity contribution in [2.45, 2.75) is 123 Å². The monoisotopic (exact) mass is 552 g/mol. The van der Waals surface area contributed by atoms with Crippen LogP contribution in [0.25, 0.3) is 0 Å². The van der Waals surface area contributed by atoms with Crippen molar-refractivity contribution in [1.29, 1.82) is 0 Å². The third-order valence-electron chi connectivity index (χ3n) is 6.50. The van der Waals surface area contributed by atoms with Gasteiger partial charge in [0, 0.05) is 6.54 Å². The number of carbonyl (C=O) groups is 5. The molecule has 1 saturated heterocycles. The zero-order chi connectivity index (χ0) is 30.1. The highest BCUT2D eigenvalue weighted by molar-refractivity contribution is 6.38. The van der Waals surface area contributed by atoms with Crippen molar-refractivity contribution < 1.29 is 24.0 Å². The standard InChI is InChI=1S/C16H27N3O3.C9H15NO2.C3H8.C2H6/c1-4-6-8-12(14(20)16(22)17-10-5-2)18-15(21)13-9-7-11-19(13)3;11-6-9(10-7-12)8-4-2-1-3-5-8;1-3-2;1-2/h5,12-13H,2,4,6-11H2,1,3H3,(H,17,22)(H,18,21);6-9H,1-5H2,(H,10,12);3H2,1-2H3;1-2H3. The van der Waals surface area contributed by atoms with Gasteiger partial charge >= 0.3 is 0 Å². The summed E-state index contributed by atoms with van der Waals surface area (Å²) >= 11 is 0. The number of likely N-dealkylation sites (N-methyl/N-ethyl adjacent to an activating group) is 1. The molecule has 9 nitrogen and oxygen atoms in total. The van der Waals surface area contributed by atoms with Gasteiger partial charge in [0.1, 0.15) is 6.29 Å². The van der Waals surface area contributed by atoms with E-state index in [4.69, 9.17) is 0 Å². The van der Waals surface area contributed by atoms with Gasteiger partial charge in [-0.25, -0.2) is 0 Å². The van der Waals surface area contributed by atoms with Crippen LogP contribution in [0.1, 0.15) is 105 Å². The maximum atomic E-state index is 12.3. The molecule has 2 aliphatic rings. The van der Waals surface area contributed by atoms with Crippen LogP contribution in [0.5, 0.6) is 0 Å². The van der Waals surface area contributed by atoms with E-state index < -0.39 is 17.7 Å². The van der Waals surface area contributed by atoms with Gasteiger partial charge in [-0.2, -0.15) is 0 Å². The zero-order valence-corrected chi connectivity index (χ0v) is 25.4. The Morgan fingerprint density at radius 3 is 2.08 bits per heavy atom. The fourth-order valence-electron chi connectivity index (χ4n) is 4.46. The largest absolute Gasteiger partial charge is 0.349 e. The highest BCUT2D eigenvalue weighted by Gasteiger charge is 2.32. The molecule has 0 radical (unpaired) electrons. The van der Waals surface area contributed by atoms with E-state index in [1.165, 1.54) is 31.8 Å². The van der Waals surface area contributed by atoms with Crippen molar-refractivity contribution in [2.24, 2.45) is 5.92 Å². The first kappa shape index (κ1) is 38.6.